The van der Waals surface area contributed by atoms with E-state index >= 15 is 0 Å². The maximum absolute atomic E-state index is 12.7. The summed E-state index contributed by atoms with van der Waals surface area (Å²) in [7, 11) is -3.71. The van der Waals surface area contributed by atoms with E-state index in [1.807, 2.05) is 5.38 Å². The van der Waals surface area contributed by atoms with Crippen LogP contribution in [-0.2, 0) is 21.4 Å². The highest BCUT2D eigenvalue weighted by Crippen LogP contribution is 2.25. The molecular formula is C14H16N4O3S2. The Morgan fingerprint density at radius 1 is 1.48 bits per heavy atom. The highest BCUT2D eigenvalue weighted by molar-refractivity contribution is 7.89. The maximum atomic E-state index is 12.7. The van der Waals surface area contributed by atoms with E-state index in [0.29, 0.717) is 25.9 Å². The molecule has 3 rings (SSSR count). The smallest absolute Gasteiger partial charge is 0.245 e. The van der Waals surface area contributed by atoms with Crippen LogP contribution in [0.15, 0.2) is 40.3 Å². The van der Waals surface area contributed by atoms with Crippen LogP contribution in [0.3, 0.4) is 0 Å². The molecule has 2 aromatic heterocycles. The maximum Gasteiger partial charge on any atom is 0.245 e. The van der Waals surface area contributed by atoms with Crippen molar-refractivity contribution in [1.82, 2.24) is 19.6 Å². The number of carbonyl (C=O) groups is 1. The molecule has 1 amide bonds. The van der Waals surface area contributed by atoms with Gasteiger partial charge in [0, 0.05) is 24.3 Å². The van der Waals surface area contributed by atoms with Gasteiger partial charge in [-0.25, -0.2) is 13.4 Å². The average Bonchev–Trinajstić information content (AvgIpc) is 3.25. The van der Waals surface area contributed by atoms with Crippen LogP contribution in [0.4, 0.5) is 0 Å². The third-order valence-corrected chi connectivity index (χ3v) is 6.20. The van der Waals surface area contributed by atoms with E-state index in [9.17, 15) is 13.2 Å². The number of hydrogen-bond acceptors (Lipinski definition) is 6. The van der Waals surface area contributed by atoms with Crippen LogP contribution in [-0.4, -0.2) is 41.2 Å². The quantitative estimate of drug-likeness (QED) is 0.867. The van der Waals surface area contributed by atoms with Crippen LogP contribution in [0, 0.1) is 0 Å². The summed E-state index contributed by atoms with van der Waals surface area (Å²) in [6.45, 7) is 0.644. The minimum atomic E-state index is -3.71. The summed E-state index contributed by atoms with van der Waals surface area (Å²) in [5.74, 6) is -0.289. The molecule has 9 heteroatoms. The Bertz CT molecular complexity index is 763. The number of rotatable bonds is 5. The number of hydrogen-bond donors (Lipinski definition) is 1. The first-order valence-electron chi connectivity index (χ1n) is 7.15. The monoisotopic (exact) mass is 352 g/mol. The summed E-state index contributed by atoms with van der Waals surface area (Å²) in [4.78, 5) is 20.4. The fourth-order valence-electron chi connectivity index (χ4n) is 2.55. The SMILES string of the molecule is O=C(NCc1cscn1)C1CCCN1S(=O)(=O)c1cccnc1. The van der Waals surface area contributed by atoms with Gasteiger partial charge in [-0.15, -0.1) is 11.3 Å². The summed E-state index contributed by atoms with van der Waals surface area (Å²) in [5.41, 5.74) is 2.46. The second-order valence-corrected chi connectivity index (χ2v) is 7.77. The van der Waals surface area contributed by atoms with Gasteiger partial charge < -0.3 is 5.32 Å². The average molecular weight is 352 g/mol. The van der Waals surface area contributed by atoms with Crippen molar-refractivity contribution in [3.63, 3.8) is 0 Å². The Morgan fingerprint density at radius 3 is 3.04 bits per heavy atom. The molecule has 0 bridgehead atoms. The van der Waals surface area contributed by atoms with Crippen molar-refractivity contribution in [2.75, 3.05) is 6.54 Å². The van der Waals surface area contributed by atoms with Gasteiger partial charge in [-0.1, -0.05) is 0 Å². The van der Waals surface area contributed by atoms with Crippen molar-refractivity contribution in [3.8, 4) is 0 Å². The summed E-state index contributed by atoms with van der Waals surface area (Å²) in [6, 6.07) is 2.38. The minimum Gasteiger partial charge on any atom is -0.349 e. The van der Waals surface area contributed by atoms with E-state index in [-0.39, 0.29) is 10.8 Å². The van der Waals surface area contributed by atoms with Crippen molar-refractivity contribution in [2.45, 2.75) is 30.3 Å². The van der Waals surface area contributed by atoms with Gasteiger partial charge in [-0.3, -0.25) is 9.78 Å². The Hall–Kier alpha value is -1.84. The fraction of sp³-hybridized carbons (Fsp3) is 0.357. The molecule has 1 saturated heterocycles. The van der Waals surface area contributed by atoms with Gasteiger partial charge in [0.1, 0.15) is 10.9 Å². The van der Waals surface area contributed by atoms with Gasteiger partial charge in [0.25, 0.3) is 0 Å². The first-order chi connectivity index (χ1) is 11.1. The van der Waals surface area contributed by atoms with Crippen molar-refractivity contribution >= 4 is 27.3 Å². The van der Waals surface area contributed by atoms with E-state index in [1.54, 1.807) is 11.6 Å². The minimum absolute atomic E-state index is 0.110. The number of sulfonamides is 1. The van der Waals surface area contributed by atoms with Crippen LogP contribution in [0.1, 0.15) is 18.5 Å². The van der Waals surface area contributed by atoms with Gasteiger partial charge in [-0.2, -0.15) is 4.31 Å². The molecule has 1 aliphatic rings. The molecule has 0 saturated carbocycles. The molecule has 7 nitrogen and oxygen atoms in total. The number of nitrogens with zero attached hydrogens (tertiary/aromatic N) is 3. The molecule has 0 spiro atoms. The molecule has 1 unspecified atom stereocenters. The molecule has 0 radical (unpaired) electrons. The van der Waals surface area contributed by atoms with Crippen molar-refractivity contribution < 1.29 is 13.2 Å². The first kappa shape index (κ1) is 16.0. The third kappa shape index (κ3) is 3.41. The molecule has 0 aliphatic carbocycles. The number of carbonyl (C=O) groups excluding carboxylic acids is 1. The number of thiazole rings is 1. The molecule has 3 heterocycles. The molecule has 1 atom stereocenters. The van der Waals surface area contributed by atoms with Crippen molar-refractivity contribution in [2.24, 2.45) is 0 Å². The molecule has 1 N–H and O–H groups in total. The summed E-state index contributed by atoms with van der Waals surface area (Å²) in [6.07, 6.45) is 4.00. The Labute approximate surface area is 138 Å². The van der Waals surface area contributed by atoms with E-state index in [4.69, 9.17) is 0 Å². The largest absolute Gasteiger partial charge is 0.349 e. The Kier molecular flexibility index (Phi) is 4.69. The van der Waals surface area contributed by atoms with Crippen molar-refractivity contribution in [1.29, 1.82) is 0 Å². The highest BCUT2D eigenvalue weighted by atomic mass is 32.2. The lowest BCUT2D eigenvalue weighted by atomic mass is 10.2. The molecule has 2 aromatic rings. The number of aromatic nitrogens is 2. The fourth-order valence-corrected chi connectivity index (χ4v) is 4.72. The summed E-state index contributed by atoms with van der Waals surface area (Å²) in [5, 5.41) is 4.61. The second kappa shape index (κ2) is 6.73. The number of amides is 1. The number of nitrogens with one attached hydrogen (secondary N) is 1. The number of pyridine rings is 1. The third-order valence-electron chi connectivity index (χ3n) is 3.67. The van der Waals surface area contributed by atoms with Gasteiger partial charge >= 0.3 is 0 Å². The summed E-state index contributed by atoms with van der Waals surface area (Å²) >= 11 is 1.45. The lowest BCUT2D eigenvalue weighted by Gasteiger charge is -2.23. The topological polar surface area (TPSA) is 92.3 Å². The van der Waals surface area contributed by atoms with Gasteiger partial charge in [0.15, 0.2) is 0 Å². The Morgan fingerprint density at radius 2 is 2.35 bits per heavy atom. The predicted molar refractivity (Wildman–Crippen MR) is 85.1 cm³/mol. The summed E-state index contributed by atoms with van der Waals surface area (Å²) < 4.78 is 26.6. The van der Waals surface area contributed by atoms with Crippen LogP contribution < -0.4 is 5.32 Å². The molecular weight excluding hydrogens is 336 g/mol. The lowest BCUT2D eigenvalue weighted by Crippen LogP contribution is -2.45. The first-order valence-corrected chi connectivity index (χ1v) is 9.54. The molecule has 1 aliphatic heterocycles. The van der Waals surface area contributed by atoms with Gasteiger partial charge in [0.05, 0.1) is 17.7 Å². The van der Waals surface area contributed by atoms with E-state index in [1.165, 1.54) is 34.1 Å². The van der Waals surface area contributed by atoms with Gasteiger partial charge in [-0.05, 0) is 25.0 Å². The van der Waals surface area contributed by atoms with Gasteiger partial charge in [0.2, 0.25) is 15.9 Å². The molecule has 1 fully saturated rings. The van der Waals surface area contributed by atoms with Crippen molar-refractivity contribution in [3.05, 3.63) is 41.1 Å². The van der Waals surface area contributed by atoms with Crippen LogP contribution in [0.2, 0.25) is 0 Å². The normalized spacial score (nSPS) is 18.9. The zero-order valence-electron chi connectivity index (χ0n) is 12.3. The molecule has 122 valence electrons. The molecule has 0 aromatic carbocycles. The van der Waals surface area contributed by atoms with E-state index in [2.05, 4.69) is 15.3 Å². The standard InChI is InChI=1S/C14H16N4O3S2/c19-14(16-7-11-9-22-10-17-11)13-4-2-6-18(13)23(20,21)12-3-1-5-15-8-12/h1,3,5,8-10,13H,2,4,6-7H2,(H,16,19). The Balaban J connectivity index is 1.73. The lowest BCUT2D eigenvalue weighted by molar-refractivity contribution is -0.124. The zero-order chi connectivity index (χ0) is 16.3. The second-order valence-electron chi connectivity index (χ2n) is 5.16. The molecule has 23 heavy (non-hydrogen) atoms. The van der Waals surface area contributed by atoms with E-state index in [0.717, 1.165) is 5.69 Å². The predicted octanol–water partition coefficient (Wildman–Crippen LogP) is 1.01. The van der Waals surface area contributed by atoms with E-state index < -0.39 is 16.1 Å². The van der Waals surface area contributed by atoms with Crippen LogP contribution in [0.5, 0.6) is 0 Å². The van der Waals surface area contributed by atoms with Crippen LogP contribution in [0.25, 0.3) is 0 Å². The van der Waals surface area contributed by atoms with Crippen LogP contribution >= 0.6 is 11.3 Å². The highest BCUT2D eigenvalue weighted by Gasteiger charge is 2.39. The zero-order valence-corrected chi connectivity index (χ0v) is 13.9.